The highest BCUT2D eigenvalue weighted by Crippen LogP contribution is 2.31. The molecule has 0 spiro atoms. The van der Waals surface area contributed by atoms with E-state index in [1.54, 1.807) is 0 Å². The first-order valence-corrected chi connectivity index (χ1v) is 5.46. The molecular formula is C13H18O. The Kier molecular flexibility index (Phi) is 2.60. The van der Waals surface area contributed by atoms with Gasteiger partial charge in [0.15, 0.2) is 0 Å². The molecule has 0 unspecified atom stereocenters. The third-order valence-corrected chi connectivity index (χ3v) is 3.17. The lowest BCUT2D eigenvalue weighted by Crippen LogP contribution is -2.01. The van der Waals surface area contributed by atoms with Crippen molar-refractivity contribution in [3.05, 3.63) is 34.4 Å². The van der Waals surface area contributed by atoms with E-state index in [1.165, 1.54) is 28.7 Å². The summed E-state index contributed by atoms with van der Waals surface area (Å²) in [4.78, 5) is 0. The van der Waals surface area contributed by atoms with E-state index in [9.17, 15) is 5.11 Å². The second-order valence-electron chi connectivity index (χ2n) is 4.41. The van der Waals surface area contributed by atoms with Gasteiger partial charge in [0, 0.05) is 0 Å². The van der Waals surface area contributed by atoms with Gasteiger partial charge < -0.3 is 5.11 Å². The molecule has 0 radical (unpaired) electrons. The van der Waals surface area contributed by atoms with Crippen LogP contribution in [0, 0.1) is 13.8 Å². The smallest absolute Gasteiger partial charge is 0.0792 e. The first-order chi connectivity index (χ1) is 6.68. The number of aliphatic hydroxyl groups is 1. The summed E-state index contributed by atoms with van der Waals surface area (Å²) in [7, 11) is 0. The summed E-state index contributed by atoms with van der Waals surface area (Å²) in [6.45, 7) is 4.26. The van der Waals surface area contributed by atoms with Crippen LogP contribution in [0.25, 0.3) is 0 Å². The molecule has 1 aromatic rings. The van der Waals surface area contributed by atoms with Gasteiger partial charge in [-0.2, -0.15) is 0 Å². The average Bonchev–Trinajstić information content (AvgIpc) is 2.29. The van der Waals surface area contributed by atoms with Crippen molar-refractivity contribution in [2.75, 3.05) is 0 Å². The topological polar surface area (TPSA) is 20.2 Å². The number of aryl methyl sites for hydroxylation is 2. The molecule has 1 aliphatic carbocycles. The fourth-order valence-electron chi connectivity index (χ4n) is 2.46. The zero-order valence-electron chi connectivity index (χ0n) is 9.01. The molecule has 0 aliphatic heterocycles. The molecule has 0 heterocycles. The van der Waals surface area contributed by atoms with Gasteiger partial charge in [0.25, 0.3) is 0 Å². The van der Waals surface area contributed by atoms with Crippen molar-refractivity contribution in [1.82, 2.24) is 0 Å². The van der Waals surface area contributed by atoms with Crippen LogP contribution in [0.4, 0.5) is 0 Å². The highest BCUT2D eigenvalue weighted by Gasteiger charge is 2.17. The van der Waals surface area contributed by atoms with E-state index in [2.05, 4.69) is 26.0 Å². The van der Waals surface area contributed by atoms with Gasteiger partial charge in [0.2, 0.25) is 0 Å². The summed E-state index contributed by atoms with van der Waals surface area (Å²) >= 11 is 0. The van der Waals surface area contributed by atoms with E-state index in [0.29, 0.717) is 0 Å². The molecule has 2 rings (SSSR count). The molecule has 0 aromatic heterocycles. The number of benzene rings is 1. The Morgan fingerprint density at radius 3 is 2.79 bits per heavy atom. The van der Waals surface area contributed by atoms with Gasteiger partial charge in [-0.25, -0.2) is 0 Å². The quantitative estimate of drug-likeness (QED) is 0.623. The standard InChI is InChI=1S/C13H18O/c1-9-7-10(2)11-5-3-4-6-13(14)12(11)8-9/h7-8,13-14H,3-6H2,1-2H3/t13-/m1/s1. The van der Waals surface area contributed by atoms with Crippen LogP contribution in [0.5, 0.6) is 0 Å². The van der Waals surface area contributed by atoms with Crippen molar-refractivity contribution in [2.24, 2.45) is 0 Å². The summed E-state index contributed by atoms with van der Waals surface area (Å²) in [5.74, 6) is 0. The van der Waals surface area contributed by atoms with Gasteiger partial charge in [0.1, 0.15) is 0 Å². The maximum atomic E-state index is 9.99. The Morgan fingerprint density at radius 1 is 1.21 bits per heavy atom. The Hall–Kier alpha value is -0.820. The molecule has 0 saturated carbocycles. The zero-order valence-corrected chi connectivity index (χ0v) is 9.01. The van der Waals surface area contributed by atoms with Crippen molar-refractivity contribution in [2.45, 2.75) is 45.6 Å². The number of hydrogen-bond donors (Lipinski definition) is 1. The fourth-order valence-corrected chi connectivity index (χ4v) is 2.46. The lowest BCUT2D eigenvalue weighted by molar-refractivity contribution is 0.166. The molecule has 1 heteroatoms. The maximum Gasteiger partial charge on any atom is 0.0792 e. The molecule has 0 amide bonds. The molecule has 1 nitrogen and oxygen atoms in total. The average molecular weight is 190 g/mol. The predicted molar refractivity (Wildman–Crippen MR) is 58.4 cm³/mol. The fraction of sp³-hybridized carbons (Fsp3) is 0.538. The molecule has 1 N–H and O–H groups in total. The highest BCUT2D eigenvalue weighted by molar-refractivity contribution is 5.40. The third kappa shape index (κ3) is 1.69. The minimum atomic E-state index is -0.230. The van der Waals surface area contributed by atoms with Gasteiger partial charge in [-0.1, -0.05) is 24.1 Å². The molecule has 1 aromatic carbocycles. The molecule has 0 fully saturated rings. The van der Waals surface area contributed by atoms with Crippen LogP contribution in [0.3, 0.4) is 0 Å². The Bertz CT molecular complexity index is 341. The van der Waals surface area contributed by atoms with Crippen molar-refractivity contribution in [3.63, 3.8) is 0 Å². The first kappa shape index (κ1) is 9.72. The van der Waals surface area contributed by atoms with Crippen LogP contribution in [0.2, 0.25) is 0 Å². The van der Waals surface area contributed by atoms with Gasteiger partial charge >= 0.3 is 0 Å². The van der Waals surface area contributed by atoms with E-state index in [4.69, 9.17) is 0 Å². The second-order valence-corrected chi connectivity index (χ2v) is 4.41. The molecule has 0 bridgehead atoms. The molecule has 0 saturated heterocycles. The van der Waals surface area contributed by atoms with E-state index in [-0.39, 0.29) is 6.10 Å². The van der Waals surface area contributed by atoms with Crippen molar-refractivity contribution in [1.29, 1.82) is 0 Å². The Labute approximate surface area is 85.8 Å². The highest BCUT2D eigenvalue weighted by atomic mass is 16.3. The monoisotopic (exact) mass is 190 g/mol. The maximum absolute atomic E-state index is 9.99. The minimum absolute atomic E-state index is 0.230. The minimum Gasteiger partial charge on any atom is -0.388 e. The van der Waals surface area contributed by atoms with Gasteiger partial charge in [-0.15, -0.1) is 0 Å². The van der Waals surface area contributed by atoms with Gasteiger partial charge in [-0.3, -0.25) is 0 Å². The third-order valence-electron chi connectivity index (χ3n) is 3.17. The Balaban J connectivity index is 2.53. The summed E-state index contributed by atoms with van der Waals surface area (Å²) in [5, 5.41) is 9.99. The number of fused-ring (bicyclic) bond motifs is 1. The second kappa shape index (κ2) is 3.74. The largest absolute Gasteiger partial charge is 0.388 e. The number of hydrogen-bond acceptors (Lipinski definition) is 1. The summed E-state index contributed by atoms with van der Waals surface area (Å²) in [6, 6.07) is 4.37. The first-order valence-electron chi connectivity index (χ1n) is 5.46. The molecule has 1 atom stereocenters. The number of aliphatic hydroxyl groups excluding tert-OH is 1. The van der Waals surface area contributed by atoms with Gasteiger partial charge in [-0.05, 0) is 49.8 Å². The van der Waals surface area contributed by atoms with Crippen LogP contribution < -0.4 is 0 Å². The SMILES string of the molecule is Cc1cc(C)c2c(c1)[C@H](O)CCCC2. The van der Waals surface area contributed by atoms with Crippen LogP contribution in [0.15, 0.2) is 12.1 Å². The number of rotatable bonds is 0. The summed E-state index contributed by atoms with van der Waals surface area (Å²) in [5.41, 5.74) is 5.18. The molecular weight excluding hydrogens is 172 g/mol. The molecule has 1 aliphatic rings. The van der Waals surface area contributed by atoms with Crippen LogP contribution in [-0.4, -0.2) is 5.11 Å². The lowest BCUT2D eigenvalue weighted by atomic mass is 9.94. The van der Waals surface area contributed by atoms with E-state index in [0.717, 1.165) is 19.3 Å². The van der Waals surface area contributed by atoms with Crippen LogP contribution in [0.1, 0.15) is 47.6 Å². The van der Waals surface area contributed by atoms with E-state index < -0.39 is 0 Å². The van der Waals surface area contributed by atoms with Crippen molar-refractivity contribution in [3.8, 4) is 0 Å². The van der Waals surface area contributed by atoms with Gasteiger partial charge in [0.05, 0.1) is 6.10 Å². The molecule has 14 heavy (non-hydrogen) atoms. The Morgan fingerprint density at radius 2 is 2.00 bits per heavy atom. The lowest BCUT2D eigenvalue weighted by Gasteiger charge is -2.14. The van der Waals surface area contributed by atoms with Crippen LogP contribution >= 0.6 is 0 Å². The predicted octanol–water partition coefficient (Wildman–Crippen LogP) is 3.06. The summed E-state index contributed by atoms with van der Waals surface area (Å²) in [6.07, 6.45) is 4.20. The zero-order chi connectivity index (χ0) is 10.1. The van der Waals surface area contributed by atoms with E-state index >= 15 is 0 Å². The van der Waals surface area contributed by atoms with E-state index in [1.807, 2.05) is 0 Å². The van der Waals surface area contributed by atoms with Crippen LogP contribution in [-0.2, 0) is 6.42 Å². The van der Waals surface area contributed by atoms with Crippen molar-refractivity contribution < 1.29 is 5.11 Å². The van der Waals surface area contributed by atoms with Crippen molar-refractivity contribution >= 4 is 0 Å². The molecule has 76 valence electrons. The summed E-state index contributed by atoms with van der Waals surface area (Å²) < 4.78 is 0. The normalized spacial score (nSPS) is 21.5.